The van der Waals surface area contributed by atoms with E-state index in [1.807, 2.05) is 19.1 Å². The second-order valence-corrected chi connectivity index (χ2v) is 8.67. The Bertz CT molecular complexity index is 774. The molecule has 0 saturated heterocycles. The predicted molar refractivity (Wildman–Crippen MR) is 92.3 cm³/mol. The van der Waals surface area contributed by atoms with Gasteiger partial charge in [0, 0.05) is 5.75 Å². The average Bonchev–Trinajstić information content (AvgIpc) is 2.81. The van der Waals surface area contributed by atoms with Crippen LogP contribution in [0.2, 0.25) is 0 Å². The van der Waals surface area contributed by atoms with Gasteiger partial charge in [-0.3, -0.25) is 4.72 Å². The van der Waals surface area contributed by atoms with E-state index in [1.54, 1.807) is 19.9 Å². The standard InChI is InChI=1S/C14H17N3O2S3/c1-5-6-20-14-16-15-13(21-14)17-22(18,19)12-10(3)7-9(2)8-11(12)4/h5,7-8H,1,6H2,2-4H3,(H,15,17). The van der Waals surface area contributed by atoms with Crippen molar-refractivity contribution < 1.29 is 8.42 Å². The highest BCUT2D eigenvalue weighted by Crippen LogP contribution is 2.29. The number of aryl methyl sites for hydroxylation is 3. The smallest absolute Gasteiger partial charge is 0.253 e. The molecule has 22 heavy (non-hydrogen) atoms. The van der Waals surface area contributed by atoms with Gasteiger partial charge in [0.2, 0.25) is 5.13 Å². The summed E-state index contributed by atoms with van der Waals surface area (Å²) >= 11 is 2.68. The summed E-state index contributed by atoms with van der Waals surface area (Å²) in [6.45, 7) is 9.16. The largest absolute Gasteiger partial charge is 0.264 e. The number of benzene rings is 1. The van der Waals surface area contributed by atoms with Crippen LogP contribution in [-0.2, 0) is 10.0 Å². The third kappa shape index (κ3) is 3.88. The first-order valence-corrected chi connectivity index (χ1v) is 9.80. The second-order valence-electron chi connectivity index (χ2n) is 4.81. The summed E-state index contributed by atoms with van der Waals surface area (Å²) in [5.74, 6) is 0.706. The molecule has 0 atom stereocenters. The Morgan fingerprint density at radius 2 is 1.91 bits per heavy atom. The van der Waals surface area contributed by atoms with Gasteiger partial charge in [0.1, 0.15) is 0 Å². The molecule has 0 bridgehead atoms. The van der Waals surface area contributed by atoms with Gasteiger partial charge in [-0.15, -0.1) is 16.8 Å². The lowest BCUT2D eigenvalue weighted by atomic mass is 10.1. The van der Waals surface area contributed by atoms with Gasteiger partial charge in [-0.25, -0.2) is 8.42 Å². The van der Waals surface area contributed by atoms with Crippen molar-refractivity contribution in [2.24, 2.45) is 0 Å². The monoisotopic (exact) mass is 355 g/mol. The van der Waals surface area contributed by atoms with Gasteiger partial charge in [0.25, 0.3) is 10.0 Å². The fourth-order valence-corrected chi connectivity index (χ4v) is 5.39. The van der Waals surface area contributed by atoms with Gasteiger partial charge in [0.15, 0.2) is 4.34 Å². The third-order valence-corrected chi connectivity index (χ3v) is 6.57. The summed E-state index contributed by atoms with van der Waals surface area (Å²) in [6, 6.07) is 3.71. The minimum Gasteiger partial charge on any atom is -0.253 e. The van der Waals surface area contributed by atoms with E-state index in [0.29, 0.717) is 15.0 Å². The highest BCUT2D eigenvalue weighted by molar-refractivity contribution is 8.01. The summed E-state index contributed by atoms with van der Waals surface area (Å²) in [5.41, 5.74) is 2.47. The zero-order chi connectivity index (χ0) is 16.3. The molecule has 0 spiro atoms. The molecule has 1 N–H and O–H groups in total. The molecule has 0 radical (unpaired) electrons. The van der Waals surface area contributed by atoms with Gasteiger partial charge in [0.05, 0.1) is 4.90 Å². The second kappa shape index (κ2) is 6.80. The lowest BCUT2D eigenvalue weighted by Gasteiger charge is -2.12. The van der Waals surface area contributed by atoms with E-state index in [2.05, 4.69) is 21.5 Å². The SMILES string of the molecule is C=CCSc1nnc(NS(=O)(=O)c2c(C)cc(C)cc2C)s1. The van der Waals surface area contributed by atoms with Crippen molar-refractivity contribution in [1.29, 1.82) is 0 Å². The molecule has 118 valence electrons. The Hall–Kier alpha value is -1.38. The molecule has 0 fully saturated rings. The van der Waals surface area contributed by atoms with E-state index in [9.17, 15) is 8.42 Å². The first-order valence-electron chi connectivity index (χ1n) is 6.51. The van der Waals surface area contributed by atoms with Crippen LogP contribution in [0, 0.1) is 20.8 Å². The normalized spacial score (nSPS) is 11.4. The molecule has 8 heteroatoms. The average molecular weight is 356 g/mol. The van der Waals surface area contributed by atoms with Crippen LogP contribution in [0.3, 0.4) is 0 Å². The van der Waals surface area contributed by atoms with E-state index in [-0.39, 0.29) is 5.13 Å². The summed E-state index contributed by atoms with van der Waals surface area (Å²) in [4.78, 5) is 0.300. The number of hydrogen-bond donors (Lipinski definition) is 1. The maximum Gasteiger partial charge on any atom is 0.264 e. The van der Waals surface area contributed by atoms with Crippen LogP contribution in [0.1, 0.15) is 16.7 Å². The number of sulfonamides is 1. The van der Waals surface area contributed by atoms with E-state index in [1.165, 1.54) is 23.1 Å². The zero-order valence-corrected chi connectivity index (χ0v) is 15.0. The molecule has 0 aliphatic heterocycles. The molecule has 0 aliphatic carbocycles. The van der Waals surface area contributed by atoms with Crippen LogP contribution in [0.4, 0.5) is 5.13 Å². The summed E-state index contributed by atoms with van der Waals surface area (Å²) in [5, 5.41) is 8.10. The number of anilines is 1. The molecule has 1 aromatic carbocycles. The minimum absolute atomic E-state index is 0.269. The van der Waals surface area contributed by atoms with E-state index < -0.39 is 10.0 Å². The quantitative estimate of drug-likeness (QED) is 0.634. The predicted octanol–water partition coefficient (Wildman–Crippen LogP) is 3.54. The van der Waals surface area contributed by atoms with Crippen molar-refractivity contribution in [3.05, 3.63) is 41.5 Å². The fourth-order valence-electron chi connectivity index (χ4n) is 2.20. The first-order chi connectivity index (χ1) is 10.3. The van der Waals surface area contributed by atoms with Gasteiger partial charge in [-0.05, 0) is 31.9 Å². The highest BCUT2D eigenvalue weighted by Gasteiger charge is 2.21. The third-order valence-electron chi connectivity index (χ3n) is 2.83. The zero-order valence-electron chi connectivity index (χ0n) is 12.6. The summed E-state index contributed by atoms with van der Waals surface area (Å²) in [7, 11) is -3.67. The van der Waals surface area contributed by atoms with Crippen LogP contribution in [0.25, 0.3) is 0 Å². The van der Waals surface area contributed by atoms with Gasteiger partial charge in [-0.2, -0.15) is 0 Å². The molecule has 0 amide bonds. The molecule has 0 saturated carbocycles. The van der Waals surface area contributed by atoms with Crippen molar-refractivity contribution in [2.45, 2.75) is 30.0 Å². The van der Waals surface area contributed by atoms with Crippen molar-refractivity contribution in [3.8, 4) is 0 Å². The Balaban J connectivity index is 2.28. The van der Waals surface area contributed by atoms with E-state index in [0.717, 1.165) is 16.7 Å². The Morgan fingerprint density at radius 3 is 2.50 bits per heavy atom. The molecule has 1 aromatic heterocycles. The van der Waals surface area contributed by atoms with Crippen molar-refractivity contribution in [3.63, 3.8) is 0 Å². The molecule has 2 rings (SSSR count). The van der Waals surface area contributed by atoms with Crippen LogP contribution in [0.5, 0.6) is 0 Å². The molecular formula is C14H17N3O2S3. The van der Waals surface area contributed by atoms with Crippen LogP contribution in [-0.4, -0.2) is 24.4 Å². The Labute approximate surface area is 138 Å². The maximum absolute atomic E-state index is 12.6. The lowest BCUT2D eigenvalue weighted by Crippen LogP contribution is -2.15. The molecule has 0 unspecified atom stereocenters. The number of rotatable bonds is 6. The van der Waals surface area contributed by atoms with Crippen LogP contribution < -0.4 is 4.72 Å². The molecule has 5 nitrogen and oxygen atoms in total. The number of thioether (sulfide) groups is 1. The summed E-state index contributed by atoms with van der Waals surface area (Å²) < 4.78 is 28.4. The topological polar surface area (TPSA) is 72.0 Å². The van der Waals surface area contributed by atoms with Crippen molar-refractivity contribution in [2.75, 3.05) is 10.5 Å². The first kappa shape index (κ1) is 17.0. The van der Waals surface area contributed by atoms with Gasteiger partial charge < -0.3 is 0 Å². The fraction of sp³-hybridized carbons (Fsp3) is 0.286. The number of nitrogens with one attached hydrogen (secondary N) is 1. The number of nitrogens with zero attached hydrogens (tertiary/aromatic N) is 2. The molecule has 0 aliphatic rings. The van der Waals surface area contributed by atoms with Gasteiger partial charge >= 0.3 is 0 Å². The van der Waals surface area contributed by atoms with E-state index >= 15 is 0 Å². The molecule has 2 aromatic rings. The van der Waals surface area contributed by atoms with Crippen LogP contribution >= 0.6 is 23.1 Å². The summed E-state index contributed by atoms with van der Waals surface area (Å²) in [6.07, 6.45) is 1.76. The number of hydrogen-bond acceptors (Lipinski definition) is 6. The Morgan fingerprint density at radius 1 is 1.27 bits per heavy atom. The van der Waals surface area contributed by atoms with Crippen molar-refractivity contribution >= 4 is 38.3 Å². The maximum atomic E-state index is 12.6. The minimum atomic E-state index is -3.67. The highest BCUT2D eigenvalue weighted by atomic mass is 32.2. The van der Waals surface area contributed by atoms with Gasteiger partial charge in [-0.1, -0.05) is 46.9 Å². The van der Waals surface area contributed by atoms with E-state index in [4.69, 9.17) is 0 Å². The molecule has 1 heterocycles. The lowest BCUT2D eigenvalue weighted by molar-refractivity contribution is 0.600. The number of aromatic nitrogens is 2. The van der Waals surface area contributed by atoms with Crippen molar-refractivity contribution in [1.82, 2.24) is 10.2 Å². The Kier molecular flexibility index (Phi) is 5.25. The van der Waals surface area contributed by atoms with Crippen LogP contribution in [0.15, 0.2) is 34.0 Å². The molecular weight excluding hydrogens is 338 g/mol.